The van der Waals surface area contributed by atoms with Gasteiger partial charge in [-0.25, -0.2) is 4.79 Å². The normalized spacial score (nSPS) is 16.1. The van der Waals surface area contributed by atoms with E-state index in [1.165, 1.54) is 0 Å². The summed E-state index contributed by atoms with van der Waals surface area (Å²) in [5, 5.41) is 8.80. The van der Waals surface area contributed by atoms with Gasteiger partial charge in [-0.3, -0.25) is 9.69 Å². The van der Waals surface area contributed by atoms with Crippen molar-refractivity contribution in [1.82, 2.24) is 9.80 Å². The number of amides is 1. The van der Waals surface area contributed by atoms with Crippen LogP contribution in [0, 0.1) is 0 Å². The summed E-state index contributed by atoms with van der Waals surface area (Å²) in [6.07, 6.45) is 0. The molecule has 6 heteroatoms. The number of carboxylic acid groups (broad SMARTS) is 1. The van der Waals surface area contributed by atoms with E-state index in [1.54, 1.807) is 29.2 Å². The van der Waals surface area contributed by atoms with Gasteiger partial charge in [0.25, 0.3) is 0 Å². The molecule has 0 aliphatic carbocycles. The molecule has 1 amide bonds. The van der Waals surface area contributed by atoms with Gasteiger partial charge in [-0.05, 0) is 24.7 Å². The Bertz CT molecular complexity index is 461. The SMILES string of the molecule is CN1CCN(Cc2ccc(C(=O)O)cc2)C(=O)C1.Cl. The molecule has 1 fully saturated rings. The van der Waals surface area contributed by atoms with E-state index in [9.17, 15) is 9.59 Å². The topological polar surface area (TPSA) is 60.9 Å². The predicted molar refractivity (Wildman–Crippen MR) is 73.6 cm³/mol. The Labute approximate surface area is 118 Å². The van der Waals surface area contributed by atoms with Gasteiger partial charge in [0.15, 0.2) is 0 Å². The second kappa shape index (κ2) is 6.54. The summed E-state index contributed by atoms with van der Waals surface area (Å²) in [5.74, 6) is -0.816. The molecule has 0 bridgehead atoms. The Kier molecular flexibility index (Phi) is 5.32. The van der Waals surface area contributed by atoms with Crippen molar-refractivity contribution < 1.29 is 14.7 Å². The molecule has 1 saturated heterocycles. The van der Waals surface area contributed by atoms with Gasteiger partial charge in [-0.2, -0.15) is 0 Å². The fourth-order valence-electron chi connectivity index (χ4n) is 1.97. The number of carboxylic acids is 1. The van der Waals surface area contributed by atoms with Crippen LogP contribution in [0.5, 0.6) is 0 Å². The number of rotatable bonds is 3. The summed E-state index contributed by atoms with van der Waals surface area (Å²) < 4.78 is 0. The number of aromatic carboxylic acids is 1. The molecule has 1 N–H and O–H groups in total. The highest BCUT2D eigenvalue weighted by atomic mass is 35.5. The van der Waals surface area contributed by atoms with Crippen molar-refractivity contribution in [1.29, 1.82) is 0 Å². The number of likely N-dealkylation sites (N-methyl/N-ethyl adjacent to an activating group) is 1. The third-order valence-electron chi connectivity index (χ3n) is 3.08. The average molecular weight is 285 g/mol. The number of carbonyl (C=O) groups is 2. The van der Waals surface area contributed by atoms with Crippen LogP contribution in [-0.4, -0.2) is 53.5 Å². The Morgan fingerprint density at radius 3 is 2.42 bits per heavy atom. The van der Waals surface area contributed by atoms with Crippen molar-refractivity contribution in [2.75, 3.05) is 26.7 Å². The minimum absolute atomic E-state index is 0. The Balaban J connectivity index is 0.00000180. The van der Waals surface area contributed by atoms with Crippen LogP contribution >= 0.6 is 12.4 Å². The molecule has 1 aliphatic heterocycles. The van der Waals surface area contributed by atoms with Crippen molar-refractivity contribution >= 4 is 24.3 Å². The van der Waals surface area contributed by atoms with Gasteiger partial charge in [0, 0.05) is 19.6 Å². The molecule has 104 valence electrons. The minimum atomic E-state index is -0.933. The maximum atomic E-state index is 11.8. The van der Waals surface area contributed by atoms with E-state index in [4.69, 9.17) is 5.11 Å². The summed E-state index contributed by atoms with van der Waals surface area (Å²) in [6, 6.07) is 6.65. The summed E-state index contributed by atoms with van der Waals surface area (Å²) >= 11 is 0. The first-order valence-electron chi connectivity index (χ1n) is 5.85. The maximum Gasteiger partial charge on any atom is 0.335 e. The lowest BCUT2D eigenvalue weighted by atomic mass is 10.1. The van der Waals surface area contributed by atoms with E-state index in [2.05, 4.69) is 0 Å². The van der Waals surface area contributed by atoms with Gasteiger partial charge in [-0.1, -0.05) is 12.1 Å². The van der Waals surface area contributed by atoms with Crippen LogP contribution in [-0.2, 0) is 11.3 Å². The summed E-state index contributed by atoms with van der Waals surface area (Å²) in [6.45, 7) is 2.59. The quantitative estimate of drug-likeness (QED) is 0.902. The molecule has 19 heavy (non-hydrogen) atoms. The predicted octanol–water partition coefficient (Wildman–Crippen LogP) is 1.08. The van der Waals surface area contributed by atoms with E-state index >= 15 is 0 Å². The molecular formula is C13H17ClN2O3. The second-order valence-electron chi connectivity index (χ2n) is 4.56. The molecule has 2 rings (SSSR count). The van der Waals surface area contributed by atoms with Crippen LogP contribution in [0.4, 0.5) is 0 Å². The smallest absolute Gasteiger partial charge is 0.335 e. The lowest BCUT2D eigenvalue weighted by molar-refractivity contribution is -0.136. The first-order chi connectivity index (χ1) is 8.56. The van der Waals surface area contributed by atoms with Crippen molar-refractivity contribution in [2.24, 2.45) is 0 Å². The zero-order valence-electron chi connectivity index (χ0n) is 10.7. The first kappa shape index (κ1) is 15.5. The molecule has 1 aliphatic rings. The molecular weight excluding hydrogens is 268 g/mol. The summed E-state index contributed by atoms with van der Waals surface area (Å²) in [7, 11) is 1.93. The number of nitrogens with zero attached hydrogens (tertiary/aromatic N) is 2. The van der Waals surface area contributed by atoms with Crippen molar-refractivity contribution in [2.45, 2.75) is 6.54 Å². The maximum absolute atomic E-state index is 11.8. The minimum Gasteiger partial charge on any atom is -0.478 e. The van der Waals surface area contributed by atoms with Gasteiger partial charge >= 0.3 is 5.97 Å². The van der Waals surface area contributed by atoms with Crippen molar-refractivity contribution in [3.8, 4) is 0 Å². The standard InChI is InChI=1S/C13H16N2O3.ClH/c1-14-6-7-15(12(16)9-14)8-10-2-4-11(5-3-10)13(17)18;/h2-5H,6-9H2,1H3,(H,17,18);1H. The third-order valence-corrected chi connectivity index (χ3v) is 3.08. The fraction of sp³-hybridized carbons (Fsp3) is 0.385. The Hall–Kier alpha value is -1.59. The van der Waals surface area contributed by atoms with E-state index in [1.807, 2.05) is 11.9 Å². The number of hydrogen-bond donors (Lipinski definition) is 1. The third kappa shape index (κ3) is 3.94. The molecule has 0 saturated carbocycles. The largest absolute Gasteiger partial charge is 0.478 e. The molecule has 5 nitrogen and oxygen atoms in total. The number of carbonyl (C=O) groups excluding carboxylic acids is 1. The van der Waals surface area contributed by atoms with Gasteiger partial charge in [0.05, 0.1) is 12.1 Å². The molecule has 1 aromatic carbocycles. The molecule has 1 aromatic rings. The molecule has 0 unspecified atom stereocenters. The first-order valence-corrected chi connectivity index (χ1v) is 5.85. The number of hydrogen-bond acceptors (Lipinski definition) is 3. The second-order valence-corrected chi connectivity index (χ2v) is 4.56. The van der Waals surface area contributed by atoms with Gasteiger partial charge in [-0.15, -0.1) is 12.4 Å². The zero-order chi connectivity index (χ0) is 13.1. The molecule has 1 heterocycles. The van der Waals surface area contributed by atoms with Crippen molar-refractivity contribution in [3.05, 3.63) is 35.4 Å². The van der Waals surface area contributed by atoms with E-state index < -0.39 is 5.97 Å². The lowest BCUT2D eigenvalue weighted by Crippen LogP contribution is -2.48. The molecule has 0 radical (unpaired) electrons. The summed E-state index contributed by atoms with van der Waals surface area (Å²) in [5.41, 5.74) is 1.22. The van der Waals surface area contributed by atoms with Gasteiger partial charge in [0.2, 0.25) is 5.91 Å². The fourth-order valence-corrected chi connectivity index (χ4v) is 1.97. The Morgan fingerprint density at radius 1 is 1.26 bits per heavy atom. The lowest BCUT2D eigenvalue weighted by Gasteiger charge is -2.32. The van der Waals surface area contributed by atoms with E-state index in [-0.39, 0.29) is 23.9 Å². The molecule has 0 atom stereocenters. The van der Waals surface area contributed by atoms with Gasteiger partial charge in [0.1, 0.15) is 0 Å². The molecule has 0 spiro atoms. The van der Waals surface area contributed by atoms with Crippen LogP contribution < -0.4 is 0 Å². The monoisotopic (exact) mass is 284 g/mol. The van der Waals surface area contributed by atoms with E-state index in [0.29, 0.717) is 13.1 Å². The highest BCUT2D eigenvalue weighted by Crippen LogP contribution is 2.10. The number of halogens is 1. The Morgan fingerprint density at radius 2 is 1.89 bits per heavy atom. The number of benzene rings is 1. The van der Waals surface area contributed by atoms with Crippen LogP contribution in [0.15, 0.2) is 24.3 Å². The van der Waals surface area contributed by atoms with Crippen LogP contribution in [0.1, 0.15) is 15.9 Å². The van der Waals surface area contributed by atoms with Crippen LogP contribution in [0.3, 0.4) is 0 Å². The van der Waals surface area contributed by atoms with Crippen LogP contribution in [0.2, 0.25) is 0 Å². The van der Waals surface area contributed by atoms with Crippen molar-refractivity contribution in [3.63, 3.8) is 0 Å². The summed E-state index contributed by atoms with van der Waals surface area (Å²) in [4.78, 5) is 26.3. The van der Waals surface area contributed by atoms with Gasteiger partial charge < -0.3 is 10.0 Å². The highest BCUT2D eigenvalue weighted by Gasteiger charge is 2.21. The number of piperazine rings is 1. The highest BCUT2D eigenvalue weighted by molar-refractivity contribution is 5.87. The zero-order valence-corrected chi connectivity index (χ0v) is 11.5. The average Bonchev–Trinajstić information content (AvgIpc) is 2.33. The van der Waals surface area contributed by atoms with Crippen LogP contribution in [0.25, 0.3) is 0 Å². The molecule has 0 aromatic heterocycles. The van der Waals surface area contributed by atoms with E-state index in [0.717, 1.165) is 18.7 Å².